The zero-order chi connectivity index (χ0) is 12.2. The lowest BCUT2D eigenvalue weighted by Gasteiger charge is -2.34. The van der Waals surface area contributed by atoms with Crippen LogP contribution in [-0.4, -0.2) is 17.0 Å². The highest BCUT2D eigenvalue weighted by atomic mass is 16.2. The molecule has 1 unspecified atom stereocenters. The number of hydrogen-bond acceptors (Lipinski definition) is 2. The molecule has 3 heterocycles. The van der Waals surface area contributed by atoms with Crippen molar-refractivity contribution in [1.29, 1.82) is 0 Å². The number of benzene rings is 1. The van der Waals surface area contributed by atoms with E-state index in [0.29, 0.717) is 0 Å². The molecule has 2 aliphatic heterocycles. The Bertz CT molecular complexity index is 646. The SMILES string of the molecule is O=C1Nc2ccccc2C12NCCn1cccc12. The average molecular weight is 239 g/mol. The van der Waals surface area contributed by atoms with Crippen molar-refractivity contribution in [3.63, 3.8) is 0 Å². The first kappa shape index (κ1) is 9.91. The van der Waals surface area contributed by atoms with Gasteiger partial charge in [-0.15, -0.1) is 0 Å². The van der Waals surface area contributed by atoms with Gasteiger partial charge >= 0.3 is 0 Å². The maximum absolute atomic E-state index is 12.5. The fourth-order valence-electron chi connectivity index (χ4n) is 3.09. The van der Waals surface area contributed by atoms with Gasteiger partial charge in [-0.05, 0) is 18.2 Å². The Morgan fingerprint density at radius 3 is 3.00 bits per heavy atom. The molecule has 90 valence electrons. The fraction of sp³-hybridized carbons (Fsp3) is 0.214. The zero-order valence-electron chi connectivity index (χ0n) is 9.81. The van der Waals surface area contributed by atoms with E-state index in [2.05, 4.69) is 15.2 Å². The van der Waals surface area contributed by atoms with E-state index < -0.39 is 5.54 Å². The molecule has 2 aromatic rings. The fourth-order valence-corrected chi connectivity index (χ4v) is 3.09. The number of fused-ring (bicyclic) bond motifs is 4. The molecule has 4 heteroatoms. The van der Waals surface area contributed by atoms with Crippen LogP contribution in [0.5, 0.6) is 0 Å². The summed E-state index contributed by atoms with van der Waals surface area (Å²) in [5.74, 6) is 0.0170. The first-order chi connectivity index (χ1) is 8.82. The molecule has 1 aromatic heterocycles. The number of nitrogens with one attached hydrogen (secondary N) is 2. The van der Waals surface area contributed by atoms with E-state index in [-0.39, 0.29) is 5.91 Å². The summed E-state index contributed by atoms with van der Waals surface area (Å²) in [6.07, 6.45) is 2.03. The van der Waals surface area contributed by atoms with Crippen LogP contribution in [0.2, 0.25) is 0 Å². The molecule has 18 heavy (non-hydrogen) atoms. The van der Waals surface area contributed by atoms with Gasteiger partial charge in [0, 0.05) is 30.5 Å². The molecule has 2 N–H and O–H groups in total. The van der Waals surface area contributed by atoms with Crippen LogP contribution in [0, 0.1) is 0 Å². The van der Waals surface area contributed by atoms with Gasteiger partial charge in [0.05, 0.1) is 5.69 Å². The smallest absolute Gasteiger partial charge is 0.255 e. The predicted molar refractivity (Wildman–Crippen MR) is 68.3 cm³/mol. The number of carbonyl (C=O) groups is 1. The van der Waals surface area contributed by atoms with Crippen LogP contribution in [0.15, 0.2) is 42.6 Å². The first-order valence-electron chi connectivity index (χ1n) is 6.14. The Morgan fingerprint density at radius 2 is 2.06 bits per heavy atom. The van der Waals surface area contributed by atoms with Crippen molar-refractivity contribution in [2.75, 3.05) is 11.9 Å². The second-order valence-electron chi connectivity index (χ2n) is 4.76. The quantitative estimate of drug-likeness (QED) is 0.727. The summed E-state index contributed by atoms with van der Waals surface area (Å²) in [4.78, 5) is 12.5. The first-order valence-corrected chi connectivity index (χ1v) is 6.14. The highest BCUT2D eigenvalue weighted by Crippen LogP contribution is 2.41. The molecule has 0 fully saturated rings. The number of para-hydroxylation sites is 1. The van der Waals surface area contributed by atoms with Gasteiger partial charge in [0.25, 0.3) is 5.91 Å². The maximum atomic E-state index is 12.5. The summed E-state index contributed by atoms with van der Waals surface area (Å²) < 4.78 is 2.15. The lowest BCUT2D eigenvalue weighted by atomic mass is 9.86. The van der Waals surface area contributed by atoms with Crippen molar-refractivity contribution >= 4 is 11.6 Å². The Kier molecular flexibility index (Phi) is 1.78. The van der Waals surface area contributed by atoms with E-state index in [0.717, 1.165) is 30.0 Å². The van der Waals surface area contributed by atoms with Gasteiger partial charge in [0.1, 0.15) is 0 Å². The Balaban J connectivity index is 2.03. The van der Waals surface area contributed by atoms with Crippen LogP contribution >= 0.6 is 0 Å². The topological polar surface area (TPSA) is 46.1 Å². The van der Waals surface area contributed by atoms with Crippen LogP contribution in [0.25, 0.3) is 0 Å². The lowest BCUT2D eigenvalue weighted by molar-refractivity contribution is -0.121. The predicted octanol–water partition coefficient (Wildman–Crippen LogP) is 1.29. The standard InChI is InChI=1S/C14H13N3O/c18-13-14(10-4-1-2-5-11(10)16-13)12-6-3-8-17(12)9-7-15-14/h1-6,8,15H,7,9H2,(H,16,18). The van der Waals surface area contributed by atoms with Gasteiger partial charge in [-0.1, -0.05) is 18.2 Å². The van der Waals surface area contributed by atoms with Crippen molar-refractivity contribution in [3.05, 3.63) is 53.9 Å². The van der Waals surface area contributed by atoms with Crippen molar-refractivity contribution < 1.29 is 4.79 Å². The molecular weight excluding hydrogens is 226 g/mol. The monoisotopic (exact) mass is 239 g/mol. The minimum absolute atomic E-state index is 0.0170. The molecule has 0 aliphatic carbocycles. The third-order valence-electron chi connectivity index (χ3n) is 3.88. The number of aromatic nitrogens is 1. The number of carbonyl (C=O) groups excluding carboxylic acids is 1. The van der Waals surface area contributed by atoms with Crippen LogP contribution in [-0.2, 0) is 16.9 Å². The minimum Gasteiger partial charge on any atom is -0.348 e. The number of amides is 1. The summed E-state index contributed by atoms with van der Waals surface area (Å²) in [6.45, 7) is 1.70. The van der Waals surface area contributed by atoms with E-state index in [1.165, 1.54) is 0 Å². The second kappa shape index (κ2) is 3.23. The minimum atomic E-state index is -0.710. The summed E-state index contributed by atoms with van der Waals surface area (Å²) in [5.41, 5.74) is 2.24. The summed E-state index contributed by atoms with van der Waals surface area (Å²) in [6, 6.07) is 11.9. The van der Waals surface area contributed by atoms with Crippen molar-refractivity contribution in [1.82, 2.24) is 9.88 Å². The number of anilines is 1. The Hall–Kier alpha value is -2.07. The van der Waals surface area contributed by atoms with Crippen LogP contribution < -0.4 is 10.6 Å². The third kappa shape index (κ3) is 1.01. The molecular formula is C14H13N3O. The van der Waals surface area contributed by atoms with Crippen LogP contribution in [0.4, 0.5) is 5.69 Å². The lowest BCUT2D eigenvalue weighted by Crippen LogP contribution is -2.54. The van der Waals surface area contributed by atoms with Gasteiger partial charge < -0.3 is 9.88 Å². The van der Waals surface area contributed by atoms with Gasteiger partial charge in [-0.3, -0.25) is 10.1 Å². The summed E-state index contributed by atoms with van der Waals surface area (Å²) in [5, 5.41) is 6.38. The molecule has 4 nitrogen and oxygen atoms in total. The zero-order valence-corrected chi connectivity index (χ0v) is 9.81. The normalized spacial score (nSPS) is 24.8. The Labute approximate surface area is 105 Å². The van der Waals surface area contributed by atoms with Gasteiger partial charge in [-0.2, -0.15) is 0 Å². The van der Waals surface area contributed by atoms with Crippen molar-refractivity contribution in [3.8, 4) is 0 Å². The van der Waals surface area contributed by atoms with Crippen LogP contribution in [0.1, 0.15) is 11.3 Å². The molecule has 0 bridgehead atoms. The molecule has 1 amide bonds. The molecule has 2 aliphatic rings. The molecule has 0 saturated carbocycles. The highest BCUT2D eigenvalue weighted by Gasteiger charge is 2.50. The highest BCUT2D eigenvalue weighted by molar-refractivity contribution is 6.08. The Morgan fingerprint density at radius 1 is 1.17 bits per heavy atom. The van der Waals surface area contributed by atoms with E-state index in [1.54, 1.807) is 0 Å². The van der Waals surface area contributed by atoms with E-state index >= 15 is 0 Å². The number of rotatable bonds is 0. The molecule has 0 saturated heterocycles. The van der Waals surface area contributed by atoms with Crippen molar-refractivity contribution in [2.45, 2.75) is 12.1 Å². The molecule has 0 radical (unpaired) electrons. The number of nitrogens with zero attached hydrogens (tertiary/aromatic N) is 1. The molecule has 1 atom stereocenters. The average Bonchev–Trinajstić information content (AvgIpc) is 2.96. The second-order valence-corrected chi connectivity index (χ2v) is 4.76. The van der Waals surface area contributed by atoms with Gasteiger partial charge in [-0.25, -0.2) is 0 Å². The number of hydrogen-bond donors (Lipinski definition) is 2. The van der Waals surface area contributed by atoms with Crippen LogP contribution in [0.3, 0.4) is 0 Å². The van der Waals surface area contributed by atoms with Gasteiger partial charge in [0.2, 0.25) is 0 Å². The largest absolute Gasteiger partial charge is 0.348 e. The van der Waals surface area contributed by atoms with Crippen molar-refractivity contribution in [2.24, 2.45) is 0 Å². The molecule has 1 spiro atoms. The van der Waals surface area contributed by atoms with Gasteiger partial charge in [0.15, 0.2) is 5.54 Å². The van der Waals surface area contributed by atoms with E-state index in [1.807, 2.05) is 42.6 Å². The third-order valence-corrected chi connectivity index (χ3v) is 3.88. The summed E-state index contributed by atoms with van der Waals surface area (Å²) in [7, 11) is 0. The van der Waals surface area contributed by atoms with E-state index in [4.69, 9.17) is 0 Å². The molecule has 4 rings (SSSR count). The summed E-state index contributed by atoms with van der Waals surface area (Å²) >= 11 is 0. The maximum Gasteiger partial charge on any atom is 0.255 e. The molecule has 1 aromatic carbocycles. The van der Waals surface area contributed by atoms with E-state index in [9.17, 15) is 4.79 Å².